The van der Waals surface area contributed by atoms with E-state index >= 15 is 0 Å². The Hall–Kier alpha value is -3.48. The van der Waals surface area contributed by atoms with Crippen molar-refractivity contribution >= 4 is 17.3 Å². The number of aryl methyl sites for hydroxylation is 1. The van der Waals surface area contributed by atoms with Gasteiger partial charge in [-0.2, -0.15) is 5.10 Å². The number of hydrogen-bond acceptors (Lipinski definition) is 4. The second-order valence-electron chi connectivity index (χ2n) is 5.60. The fraction of sp³-hybridized carbons (Fsp3) is 0.111. The number of aromatic nitrogens is 2. The lowest BCUT2D eigenvalue weighted by atomic mass is 10.1. The van der Waals surface area contributed by atoms with Gasteiger partial charge in [0.25, 0.3) is 11.6 Å². The van der Waals surface area contributed by atoms with Crippen molar-refractivity contribution in [2.24, 2.45) is 0 Å². The number of hydrogen-bond donors (Lipinski definition) is 1. The third kappa shape index (κ3) is 3.25. The van der Waals surface area contributed by atoms with Crippen molar-refractivity contribution in [3.8, 4) is 5.69 Å². The van der Waals surface area contributed by atoms with Gasteiger partial charge in [-0.05, 0) is 32.0 Å². The molecule has 0 aliphatic carbocycles. The van der Waals surface area contributed by atoms with Crippen molar-refractivity contribution in [1.82, 2.24) is 9.78 Å². The SMILES string of the molecule is Cc1ccc(NC(=O)c2cnn(-c3ccccc3)c2C)cc1[N+](=O)[O-]. The molecule has 0 saturated carbocycles. The van der Waals surface area contributed by atoms with E-state index in [0.29, 0.717) is 22.5 Å². The number of amides is 1. The van der Waals surface area contributed by atoms with E-state index in [1.54, 1.807) is 30.7 Å². The number of rotatable bonds is 4. The van der Waals surface area contributed by atoms with Crippen molar-refractivity contribution in [3.63, 3.8) is 0 Å². The van der Waals surface area contributed by atoms with Crippen LogP contribution in [0, 0.1) is 24.0 Å². The van der Waals surface area contributed by atoms with E-state index in [1.807, 2.05) is 30.3 Å². The van der Waals surface area contributed by atoms with Gasteiger partial charge in [0.2, 0.25) is 0 Å². The lowest BCUT2D eigenvalue weighted by Crippen LogP contribution is -2.13. The van der Waals surface area contributed by atoms with Gasteiger partial charge in [-0.3, -0.25) is 14.9 Å². The van der Waals surface area contributed by atoms with Crippen molar-refractivity contribution in [3.05, 3.63) is 81.7 Å². The van der Waals surface area contributed by atoms with E-state index in [2.05, 4.69) is 10.4 Å². The van der Waals surface area contributed by atoms with Gasteiger partial charge in [-0.15, -0.1) is 0 Å². The number of carbonyl (C=O) groups is 1. The van der Waals surface area contributed by atoms with Crippen molar-refractivity contribution in [2.45, 2.75) is 13.8 Å². The highest BCUT2D eigenvalue weighted by molar-refractivity contribution is 6.05. The standard InChI is InChI=1S/C18H16N4O3/c1-12-8-9-14(10-17(12)22(24)25)20-18(23)16-11-19-21(13(16)2)15-6-4-3-5-7-15/h3-11H,1-2H3,(H,20,23). The lowest BCUT2D eigenvalue weighted by Gasteiger charge is -2.07. The second kappa shape index (κ2) is 6.56. The van der Waals surface area contributed by atoms with Crippen LogP contribution in [-0.4, -0.2) is 20.6 Å². The summed E-state index contributed by atoms with van der Waals surface area (Å²) in [6, 6.07) is 14.1. The number of carbonyl (C=O) groups excluding carboxylic acids is 1. The molecule has 0 atom stereocenters. The zero-order chi connectivity index (χ0) is 18.0. The molecule has 3 rings (SSSR count). The molecule has 0 bridgehead atoms. The number of anilines is 1. The van der Waals surface area contributed by atoms with Gasteiger partial charge in [0.05, 0.1) is 28.1 Å². The monoisotopic (exact) mass is 336 g/mol. The number of benzene rings is 2. The number of nitro benzene ring substituents is 1. The van der Waals surface area contributed by atoms with Crippen LogP contribution in [0.4, 0.5) is 11.4 Å². The summed E-state index contributed by atoms with van der Waals surface area (Å²) in [4.78, 5) is 23.1. The van der Waals surface area contributed by atoms with Gasteiger partial charge in [-0.25, -0.2) is 4.68 Å². The zero-order valence-corrected chi connectivity index (χ0v) is 13.8. The molecule has 0 aliphatic rings. The molecule has 1 N–H and O–H groups in total. The van der Waals surface area contributed by atoms with Crippen LogP contribution in [0.3, 0.4) is 0 Å². The number of nitro groups is 1. The average molecular weight is 336 g/mol. The molecule has 3 aromatic rings. The first-order valence-corrected chi connectivity index (χ1v) is 7.64. The Kier molecular flexibility index (Phi) is 4.30. The highest BCUT2D eigenvalue weighted by atomic mass is 16.6. The Morgan fingerprint density at radius 2 is 1.88 bits per heavy atom. The van der Waals surface area contributed by atoms with Gasteiger partial charge >= 0.3 is 0 Å². The van der Waals surface area contributed by atoms with Gasteiger partial charge < -0.3 is 5.32 Å². The molecule has 0 fully saturated rings. The molecule has 1 amide bonds. The highest BCUT2D eigenvalue weighted by Crippen LogP contribution is 2.23. The highest BCUT2D eigenvalue weighted by Gasteiger charge is 2.17. The van der Waals surface area contributed by atoms with Crippen LogP contribution < -0.4 is 5.32 Å². The topological polar surface area (TPSA) is 90.1 Å². The van der Waals surface area contributed by atoms with E-state index in [0.717, 1.165) is 5.69 Å². The minimum absolute atomic E-state index is 0.0329. The summed E-state index contributed by atoms with van der Waals surface area (Å²) in [5.74, 6) is -0.363. The number of para-hydroxylation sites is 1. The Labute approximate surface area is 144 Å². The maximum Gasteiger partial charge on any atom is 0.274 e. The second-order valence-corrected chi connectivity index (χ2v) is 5.60. The molecule has 0 saturated heterocycles. The Morgan fingerprint density at radius 3 is 2.56 bits per heavy atom. The molecule has 2 aromatic carbocycles. The van der Waals surface area contributed by atoms with E-state index in [-0.39, 0.29) is 11.6 Å². The Balaban J connectivity index is 1.87. The smallest absolute Gasteiger partial charge is 0.274 e. The van der Waals surface area contributed by atoms with Crippen LogP contribution in [0.1, 0.15) is 21.6 Å². The minimum atomic E-state index is -0.469. The number of nitrogens with one attached hydrogen (secondary N) is 1. The van der Waals surface area contributed by atoms with E-state index in [1.165, 1.54) is 12.3 Å². The molecule has 25 heavy (non-hydrogen) atoms. The van der Waals surface area contributed by atoms with Crippen LogP contribution >= 0.6 is 0 Å². The van der Waals surface area contributed by atoms with Crippen LogP contribution in [0.5, 0.6) is 0 Å². The van der Waals surface area contributed by atoms with Crippen LogP contribution in [0.2, 0.25) is 0 Å². The third-order valence-corrected chi connectivity index (χ3v) is 3.92. The van der Waals surface area contributed by atoms with E-state index in [9.17, 15) is 14.9 Å². The molecule has 0 aliphatic heterocycles. The first-order chi connectivity index (χ1) is 12.0. The summed E-state index contributed by atoms with van der Waals surface area (Å²) in [6.07, 6.45) is 1.49. The van der Waals surface area contributed by atoms with E-state index in [4.69, 9.17) is 0 Å². The molecule has 126 valence electrons. The maximum absolute atomic E-state index is 12.5. The predicted octanol–water partition coefficient (Wildman–Crippen LogP) is 3.65. The van der Waals surface area contributed by atoms with Crippen molar-refractivity contribution < 1.29 is 9.72 Å². The fourth-order valence-corrected chi connectivity index (χ4v) is 2.54. The summed E-state index contributed by atoms with van der Waals surface area (Å²) in [5, 5.41) is 18.0. The molecular weight excluding hydrogens is 320 g/mol. The fourth-order valence-electron chi connectivity index (χ4n) is 2.54. The normalized spacial score (nSPS) is 10.5. The van der Waals surface area contributed by atoms with Gasteiger partial charge in [0.15, 0.2) is 0 Å². The third-order valence-electron chi connectivity index (χ3n) is 3.92. The summed E-state index contributed by atoms with van der Waals surface area (Å²) in [7, 11) is 0. The Bertz CT molecular complexity index is 948. The van der Waals surface area contributed by atoms with Crippen LogP contribution in [0.25, 0.3) is 5.69 Å². The summed E-state index contributed by atoms with van der Waals surface area (Å²) >= 11 is 0. The van der Waals surface area contributed by atoms with Crippen molar-refractivity contribution in [2.75, 3.05) is 5.32 Å². The number of nitrogens with zero attached hydrogens (tertiary/aromatic N) is 3. The Morgan fingerprint density at radius 1 is 1.16 bits per heavy atom. The van der Waals surface area contributed by atoms with Crippen LogP contribution in [0.15, 0.2) is 54.7 Å². The summed E-state index contributed by atoms with van der Waals surface area (Å²) in [6.45, 7) is 3.45. The van der Waals surface area contributed by atoms with Gasteiger partial charge in [0, 0.05) is 17.3 Å². The molecule has 0 radical (unpaired) electrons. The summed E-state index contributed by atoms with van der Waals surface area (Å²) < 4.78 is 1.67. The molecule has 1 aromatic heterocycles. The predicted molar refractivity (Wildman–Crippen MR) is 94.1 cm³/mol. The maximum atomic E-state index is 12.5. The quantitative estimate of drug-likeness (QED) is 0.581. The molecular formula is C18H16N4O3. The summed E-state index contributed by atoms with van der Waals surface area (Å²) in [5.41, 5.74) is 2.82. The van der Waals surface area contributed by atoms with E-state index < -0.39 is 4.92 Å². The lowest BCUT2D eigenvalue weighted by molar-refractivity contribution is -0.385. The first-order valence-electron chi connectivity index (χ1n) is 7.64. The molecule has 7 heteroatoms. The minimum Gasteiger partial charge on any atom is -0.322 e. The van der Waals surface area contributed by atoms with Gasteiger partial charge in [-0.1, -0.05) is 24.3 Å². The molecule has 7 nitrogen and oxygen atoms in total. The van der Waals surface area contributed by atoms with Crippen molar-refractivity contribution in [1.29, 1.82) is 0 Å². The zero-order valence-electron chi connectivity index (χ0n) is 13.8. The van der Waals surface area contributed by atoms with Crippen LogP contribution in [-0.2, 0) is 0 Å². The molecule has 0 unspecified atom stereocenters. The largest absolute Gasteiger partial charge is 0.322 e. The first kappa shape index (κ1) is 16.4. The van der Waals surface area contributed by atoms with Gasteiger partial charge in [0.1, 0.15) is 0 Å². The molecule has 1 heterocycles. The average Bonchev–Trinajstić information content (AvgIpc) is 2.98. The molecule has 0 spiro atoms.